The molecule has 1 aromatic carbocycles. The van der Waals surface area contributed by atoms with Gasteiger partial charge in [-0.2, -0.15) is 18.4 Å². The zero-order valence-corrected chi connectivity index (χ0v) is 12.5. The molecule has 2 aromatic rings. The number of pyridine rings is 1. The van der Waals surface area contributed by atoms with E-state index in [1.807, 2.05) is 0 Å². The summed E-state index contributed by atoms with van der Waals surface area (Å²) in [6, 6.07) is 8.34. The predicted octanol–water partition coefficient (Wildman–Crippen LogP) is 1.71. The van der Waals surface area contributed by atoms with Crippen molar-refractivity contribution in [3.05, 3.63) is 53.9 Å². The Balaban J connectivity index is 2.23. The van der Waals surface area contributed by atoms with Crippen molar-refractivity contribution in [2.75, 3.05) is 7.11 Å². The minimum absolute atomic E-state index is 0.0527. The Hall–Kier alpha value is -2.41. The van der Waals surface area contributed by atoms with E-state index in [1.165, 1.54) is 19.4 Å². The maximum atomic E-state index is 12.2. The van der Waals surface area contributed by atoms with Gasteiger partial charge in [0.25, 0.3) is 10.0 Å². The minimum atomic E-state index is -3.78. The van der Waals surface area contributed by atoms with E-state index >= 15 is 0 Å². The lowest BCUT2D eigenvalue weighted by Gasteiger charge is -2.09. The molecule has 6 nitrogen and oxygen atoms in total. The number of aromatic nitrogens is 1. The zero-order valence-electron chi connectivity index (χ0n) is 11.6. The normalized spacial score (nSPS) is 11.5. The van der Waals surface area contributed by atoms with Gasteiger partial charge < -0.3 is 4.74 Å². The Labute approximate surface area is 123 Å². The van der Waals surface area contributed by atoms with Crippen LogP contribution in [0.4, 0.5) is 0 Å². The summed E-state index contributed by atoms with van der Waals surface area (Å²) in [6.45, 7) is 1.80. The lowest BCUT2D eigenvalue weighted by molar-refractivity contribution is 0.402. The van der Waals surface area contributed by atoms with Gasteiger partial charge in [-0.15, -0.1) is 0 Å². The van der Waals surface area contributed by atoms with Gasteiger partial charge in [-0.05, 0) is 42.3 Å². The molecule has 1 N–H and O–H groups in total. The smallest absolute Gasteiger partial charge is 0.280 e. The second-order valence-corrected chi connectivity index (χ2v) is 5.92. The Kier molecular flexibility index (Phi) is 4.54. The van der Waals surface area contributed by atoms with Crippen LogP contribution in [0.25, 0.3) is 0 Å². The third-order valence-electron chi connectivity index (χ3n) is 2.70. The number of hydrogen-bond acceptors (Lipinski definition) is 5. The van der Waals surface area contributed by atoms with Crippen LogP contribution in [0.2, 0.25) is 0 Å². The van der Waals surface area contributed by atoms with Crippen molar-refractivity contribution in [2.45, 2.75) is 11.8 Å². The molecule has 0 saturated carbocycles. The monoisotopic (exact) mass is 305 g/mol. The van der Waals surface area contributed by atoms with Gasteiger partial charge in [0.1, 0.15) is 10.6 Å². The molecule has 21 heavy (non-hydrogen) atoms. The number of methoxy groups -OCH3 is 1. The number of sulfonamides is 1. The molecule has 0 fully saturated rings. The zero-order chi connectivity index (χ0) is 15.3. The van der Waals surface area contributed by atoms with Gasteiger partial charge in [0.05, 0.1) is 13.3 Å². The van der Waals surface area contributed by atoms with Crippen molar-refractivity contribution in [2.24, 2.45) is 5.10 Å². The summed E-state index contributed by atoms with van der Waals surface area (Å²) < 4.78 is 29.5. The molecule has 0 aliphatic carbocycles. The highest BCUT2D eigenvalue weighted by Gasteiger charge is 2.18. The fraction of sp³-hybridized carbons (Fsp3) is 0.143. The number of hydrazone groups is 1. The summed E-state index contributed by atoms with van der Waals surface area (Å²) in [7, 11) is -2.36. The first kappa shape index (κ1) is 15.0. The van der Waals surface area contributed by atoms with Gasteiger partial charge in [-0.25, -0.2) is 0 Å². The molecule has 0 bridgehead atoms. The van der Waals surface area contributed by atoms with Crippen LogP contribution in [0.3, 0.4) is 0 Å². The standard InChI is InChI=1S/C14H15N3O3S/c1-11-3-4-13(20-2)14(9-11)21(18,19)17-16-10-12-5-7-15-8-6-12/h3-10,17H,1-2H3/b16-10+. The second kappa shape index (κ2) is 6.36. The topological polar surface area (TPSA) is 80.7 Å². The Morgan fingerprint density at radius 2 is 1.95 bits per heavy atom. The van der Waals surface area contributed by atoms with Gasteiger partial charge in [0.15, 0.2) is 0 Å². The van der Waals surface area contributed by atoms with Gasteiger partial charge in [0.2, 0.25) is 0 Å². The molecule has 0 unspecified atom stereocenters. The summed E-state index contributed by atoms with van der Waals surface area (Å²) in [4.78, 5) is 6.08. The van der Waals surface area contributed by atoms with Crippen LogP contribution in [-0.2, 0) is 10.0 Å². The second-order valence-electron chi connectivity index (χ2n) is 4.29. The van der Waals surface area contributed by atoms with E-state index in [2.05, 4.69) is 14.9 Å². The van der Waals surface area contributed by atoms with E-state index in [9.17, 15) is 8.42 Å². The Bertz CT molecular complexity index is 743. The number of aryl methyl sites for hydroxylation is 1. The van der Waals surface area contributed by atoms with Crippen molar-refractivity contribution in [1.82, 2.24) is 9.82 Å². The molecule has 0 atom stereocenters. The van der Waals surface area contributed by atoms with Crippen molar-refractivity contribution in [3.63, 3.8) is 0 Å². The molecule has 0 saturated heterocycles. The van der Waals surface area contributed by atoms with Crippen molar-refractivity contribution >= 4 is 16.2 Å². The van der Waals surface area contributed by atoms with Gasteiger partial charge in [-0.3, -0.25) is 4.98 Å². The third-order valence-corrected chi connectivity index (χ3v) is 3.95. The fourth-order valence-electron chi connectivity index (χ4n) is 1.66. The summed E-state index contributed by atoms with van der Waals surface area (Å²) in [5, 5.41) is 3.75. The number of nitrogens with one attached hydrogen (secondary N) is 1. The lowest BCUT2D eigenvalue weighted by atomic mass is 10.2. The molecule has 0 aliphatic heterocycles. The maximum absolute atomic E-state index is 12.2. The summed E-state index contributed by atoms with van der Waals surface area (Å²) in [5.74, 6) is 0.271. The van der Waals surface area contributed by atoms with Crippen LogP contribution in [-0.4, -0.2) is 26.7 Å². The van der Waals surface area contributed by atoms with Gasteiger partial charge in [0, 0.05) is 12.4 Å². The van der Waals surface area contributed by atoms with E-state index in [1.54, 1.807) is 43.6 Å². The molecule has 0 spiro atoms. The van der Waals surface area contributed by atoms with E-state index < -0.39 is 10.0 Å². The highest BCUT2D eigenvalue weighted by atomic mass is 32.2. The highest BCUT2D eigenvalue weighted by molar-refractivity contribution is 7.89. The van der Waals surface area contributed by atoms with Gasteiger partial charge in [-0.1, -0.05) is 6.07 Å². The summed E-state index contributed by atoms with van der Waals surface area (Å²) in [5.41, 5.74) is 1.55. The van der Waals surface area contributed by atoms with Crippen LogP contribution in [0.1, 0.15) is 11.1 Å². The summed E-state index contributed by atoms with van der Waals surface area (Å²) in [6.07, 6.45) is 4.60. The minimum Gasteiger partial charge on any atom is -0.495 e. The molecule has 0 aliphatic rings. The van der Waals surface area contributed by atoms with Crippen LogP contribution >= 0.6 is 0 Å². The SMILES string of the molecule is COc1ccc(C)cc1S(=O)(=O)N/N=C/c1ccncc1. The molecular formula is C14H15N3O3S. The van der Waals surface area contributed by atoms with Gasteiger partial charge >= 0.3 is 0 Å². The number of hydrogen-bond donors (Lipinski definition) is 1. The molecule has 2 rings (SSSR count). The molecular weight excluding hydrogens is 290 g/mol. The first-order valence-corrected chi connectivity index (χ1v) is 7.61. The van der Waals surface area contributed by atoms with Crippen molar-refractivity contribution < 1.29 is 13.2 Å². The van der Waals surface area contributed by atoms with E-state index in [4.69, 9.17) is 4.74 Å². The quantitative estimate of drug-likeness (QED) is 0.673. The molecule has 0 amide bonds. The highest BCUT2D eigenvalue weighted by Crippen LogP contribution is 2.24. The largest absolute Gasteiger partial charge is 0.495 e. The number of rotatable bonds is 5. The molecule has 1 heterocycles. The summed E-state index contributed by atoms with van der Waals surface area (Å²) >= 11 is 0. The third kappa shape index (κ3) is 3.79. The van der Waals surface area contributed by atoms with Crippen LogP contribution in [0.15, 0.2) is 52.7 Å². The predicted molar refractivity (Wildman–Crippen MR) is 79.9 cm³/mol. The molecule has 110 valence electrons. The van der Waals surface area contributed by atoms with Crippen LogP contribution in [0, 0.1) is 6.92 Å². The number of benzene rings is 1. The van der Waals surface area contributed by atoms with E-state index in [-0.39, 0.29) is 10.6 Å². The average molecular weight is 305 g/mol. The fourth-order valence-corrected chi connectivity index (χ4v) is 2.71. The maximum Gasteiger partial charge on any atom is 0.280 e. The van der Waals surface area contributed by atoms with E-state index in [0.717, 1.165) is 11.1 Å². The number of ether oxygens (including phenoxy) is 1. The van der Waals surface area contributed by atoms with Crippen molar-refractivity contribution in [1.29, 1.82) is 0 Å². The van der Waals surface area contributed by atoms with E-state index in [0.29, 0.717) is 0 Å². The first-order valence-electron chi connectivity index (χ1n) is 6.12. The van der Waals surface area contributed by atoms with Crippen LogP contribution in [0.5, 0.6) is 5.75 Å². The Morgan fingerprint density at radius 1 is 1.24 bits per heavy atom. The molecule has 1 aromatic heterocycles. The average Bonchev–Trinajstić information content (AvgIpc) is 2.48. The lowest BCUT2D eigenvalue weighted by Crippen LogP contribution is -2.19. The molecule has 0 radical (unpaired) electrons. The first-order chi connectivity index (χ1) is 10.0. The Morgan fingerprint density at radius 3 is 2.62 bits per heavy atom. The van der Waals surface area contributed by atoms with Crippen LogP contribution < -0.4 is 9.57 Å². The number of nitrogens with zero attached hydrogens (tertiary/aromatic N) is 2. The van der Waals surface area contributed by atoms with Crippen molar-refractivity contribution in [3.8, 4) is 5.75 Å². The molecule has 7 heteroatoms.